The molecule has 0 bridgehead atoms. The van der Waals surface area contributed by atoms with Crippen LogP contribution in [0.3, 0.4) is 0 Å². The second-order valence-corrected chi connectivity index (χ2v) is 4.15. The van der Waals surface area contributed by atoms with Crippen LogP contribution in [0.1, 0.15) is 23.7 Å². The van der Waals surface area contributed by atoms with E-state index in [-0.39, 0.29) is 0 Å². The van der Waals surface area contributed by atoms with Crippen LogP contribution in [0, 0.1) is 13.8 Å². The molecule has 16 heavy (non-hydrogen) atoms. The standard InChI is InChI=1S/C15H17N/c1-4-13-6-5-7-14(10-13)15-9-8-11(2)12(3)16-15/h5-10H,4H2,1-3H3. The van der Waals surface area contributed by atoms with Crippen molar-refractivity contribution in [1.82, 2.24) is 4.98 Å². The lowest BCUT2D eigenvalue weighted by atomic mass is 10.1. The molecule has 0 aliphatic rings. The Morgan fingerprint density at radius 3 is 2.56 bits per heavy atom. The number of hydrogen-bond acceptors (Lipinski definition) is 1. The van der Waals surface area contributed by atoms with Gasteiger partial charge in [0.15, 0.2) is 0 Å². The van der Waals surface area contributed by atoms with Crippen molar-refractivity contribution in [2.45, 2.75) is 27.2 Å². The lowest BCUT2D eigenvalue weighted by molar-refractivity contribution is 1.13. The summed E-state index contributed by atoms with van der Waals surface area (Å²) in [4.78, 5) is 4.62. The van der Waals surface area contributed by atoms with Gasteiger partial charge in [0.1, 0.15) is 0 Å². The summed E-state index contributed by atoms with van der Waals surface area (Å²) in [5, 5.41) is 0. The van der Waals surface area contributed by atoms with Gasteiger partial charge in [0, 0.05) is 11.3 Å². The van der Waals surface area contributed by atoms with E-state index in [9.17, 15) is 0 Å². The van der Waals surface area contributed by atoms with E-state index in [1.807, 2.05) is 0 Å². The van der Waals surface area contributed by atoms with Crippen molar-refractivity contribution in [2.75, 3.05) is 0 Å². The maximum atomic E-state index is 4.62. The van der Waals surface area contributed by atoms with E-state index in [4.69, 9.17) is 0 Å². The molecule has 0 unspecified atom stereocenters. The Bertz CT molecular complexity index is 501. The van der Waals surface area contributed by atoms with Crippen molar-refractivity contribution in [2.24, 2.45) is 0 Å². The highest BCUT2D eigenvalue weighted by atomic mass is 14.7. The average Bonchev–Trinajstić information content (AvgIpc) is 2.33. The van der Waals surface area contributed by atoms with Crippen molar-refractivity contribution < 1.29 is 0 Å². The van der Waals surface area contributed by atoms with Crippen LogP contribution in [0.25, 0.3) is 11.3 Å². The third-order valence-corrected chi connectivity index (χ3v) is 2.98. The molecule has 0 aliphatic carbocycles. The van der Waals surface area contributed by atoms with Crippen molar-refractivity contribution in [1.29, 1.82) is 0 Å². The molecule has 1 heterocycles. The van der Waals surface area contributed by atoms with Crippen LogP contribution in [0.4, 0.5) is 0 Å². The molecule has 0 spiro atoms. The number of nitrogens with zero attached hydrogens (tertiary/aromatic N) is 1. The Morgan fingerprint density at radius 2 is 1.88 bits per heavy atom. The zero-order valence-electron chi connectivity index (χ0n) is 10.1. The van der Waals surface area contributed by atoms with Crippen LogP contribution >= 0.6 is 0 Å². The number of hydrogen-bond donors (Lipinski definition) is 0. The topological polar surface area (TPSA) is 12.9 Å². The van der Waals surface area contributed by atoms with E-state index in [2.05, 4.69) is 62.2 Å². The Hall–Kier alpha value is -1.63. The second-order valence-electron chi connectivity index (χ2n) is 4.15. The van der Waals surface area contributed by atoms with Crippen LogP contribution in [0.5, 0.6) is 0 Å². The highest BCUT2D eigenvalue weighted by Crippen LogP contribution is 2.20. The van der Waals surface area contributed by atoms with Gasteiger partial charge < -0.3 is 0 Å². The monoisotopic (exact) mass is 211 g/mol. The molecular weight excluding hydrogens is 194 g/mol. The first-order valence-corrected chi connectivity index (χ1v) is 5.74. The normalized spacial score (nSPS) is 10.4. The zero-order valence-corrected chi connectivity index (χ0v) is 10.1. The third-order valence-electron chi connectivity index (χ3n) is 2.98. The minimum absolute atomic E-state index is 1.07. The molecule has 82 valence electrons. The number of aromatic nitrogens is 1. The van der Waals surface area contributed by atoms with Crippen molar-refractivity contribution >= 4 is 0 Å². The maximum Gasteiger partial charge on any atom is 0.0705 e. The largest absolute Gasteiger partial charge is 0.253 e. The summed E-state index contributed by atoms with van der Waals surface area (Å²) in [6, 6.07) is 12.8. The highest BCUT2D eigenvalue weighted by Gasteiger charge is 2.01. The van der Waals surface area contributed by atoms with Gasteiger partial charge in [0.05, 0.1) is 5.69 Å². The van der Waals surface area contributed by atoms with E-state index in [0.29, 0.717) is 0 Å². The zero-order chi connectivity index (χ0) is 11.5. The van der Waals surface area contributed by atoms with E-state index in [1.54, 1.807) is 0 Å². The summed E-state index contributed by atoms with van der Waals surface area (Å²) < 4.78 is 0. The average molecular weight is 211 g/mol. The Balaban J connectivity index is 2.46. The fourth-order valence-corrected chi connectivity index (χ4v) is 1.74. The van der Waals surface area contributed by atoms with E-state index >= 15 is 0 Å². The van der Waals surface area contributed by atoms with Crippen molar-refractivity contribution in [3.63, 3.8) is 0 Å². The van der Waals surface area contributed by atoms with Gasteiger partial charge in [-0.3, -0.25) is 4.98 Å². The molecule has 0 fully saturated rings. The smallest absolute Gasteiger partial charge is 0.0705 e. The predicted octanol–water partition coefficient (Wildman–Crippen LogP) is 3.93. The second kappa shape index (κ2) is 4.48. The molecular formula is C15H17N. The van der Waals surface area contributed by atoms with Crippen LogP contribution < -0.4 is 0 Å². The molecule has 1 nitrogen and oxygen atoms in total. The first-order valence-electron chi connectivity index (χ1n) is 5.74. The number of pyridine rings is 1. The van der Waals surface area contributed by atoms with Gasteiger partial charge in [-0.05, 0) is 43.5 Å². The fourth-order valence-electron chi connectivity index (χ4n) is 1.74. The Kier molecular flexibility index (Phi) is 3.04. The first kappa shape index (κ1) is 10.9. The van der Waals surface area contributed by atoms with E-state index in [1.165, 1.54) is 16.7 Å². The summed E-state index contributed by atoms with van der Waals surface area (Å²) in [5.41, 5.74) is 5.99. The molecule has 0 amide bonds. The molecule has 2 rings (SSSR count). The lowest BCUT2D eigenvalue weighted by Gasteiger charge is -2.06. The van der Waals surface area contributed by atoms with Crippen molar-refractivity contribution in [3.8, 4) is 11.3 Å². The number of rotatable bonds is 2. The van der Waals surface area contributed by atoms with Gasteiger partial charge in [-0.1, -0.05) is 31.2 Å². The Morgan fingerprint density at radius 1 is 1.06 bits per heavy atom. The van der Waals surface area contributed by atoms with Crippen molar-refractivity contribution in [3.05, 3.63) is 53.2 Å². The van der Waals surface area contributed by atoms with Gasteiger partial charge in [-0.2, -0.15) is 0 Å². The molecule has 1 aromatic carbocycles. The molecule has 1 heteroatoms. The molecule has 1 aromatic heterocycles. The predicted molar refractivity (Wildman–Crippen MR) is 68.5 cm³/mol. The Labute approximate surface area is 97.2 Å². The van der Waals surface area contributed by atoms with Gasteiger partial charge in [-0.25, -0.2) is 0 Å². The molecule has 0 N–H and O–H groups in total. The molecule has 2 aromatic rings. The fraction of sp³-hybridized carbons (Fsp3) is 0.267. The summed E-state index contributed by atoms with van der Waals surface area (Å²) in [6.07, 6.45) is 1.07. The number of aryl methyl sites for hydroxylation is 3. The van der Waals surface area contributed by atoms with Crippen LogP contribution in [0.2, 0.25) is 0 Å². The van der Waals surface area contributed by atoms with Gasteiger partial charge in [0.2, 0.25) is 0 Å². The molecule has 0 saturated carbocycles. The highest BCUT2D eigenvalue weighted by molar-refractivity contribution is 5.60. The van der Waals surface area contributed by atoms with Crippen LogP contribution in [-0.2, 0) is 6.42 Å². The quantitative estimate of drug-likeness (QED) is 0.733. The summed E-state index contributed by atoms with van der Waals surface area (Å²) in [6.45, 7) is 6.32. The van der Waals surface area contributed by atoms with E-state index in [0.717, 1.165) is 17.8 Å². The third kappa shape index (κ3) is 2.13. The summed E-state index contributed by atoms with van der Waals surface area (Å²) >= 11 is 0. The maximum absolute atomic E-state index is 4.62. The molecule has 0 aliphatic heterocycles. The molecule has 0 saturated heterocycles. The first-order chi connectivity index (χ1) is 7.70. The molecule has 0 radical (unpaired) electrons. The van der Waals surface area contributed by atoms with E-state index < -0.39 is 0 Å². The summed E-state index contributed by atoms with van der Waals surface area (Å²) in [5.74, 6) is 0. The molecule has 0 atom stereocenters. The minimum Gasteiger partial charge on any atom is -0.253 e. The minimum atomic E-state index is 1.07. The van der Waals surface area contributed by atoms with Crippen LogP contribution in [0.15, 0.2) is 36.4 Å². The summed E-state index contributed by atoms with van der Waals surface area (Å²) in [7, 11) is 0. The van der Waals surface area contributed by atoms with Gasteiger partial charge >= 0.3 is 0 Å². The number of benzene rings is 1. The van der Waals surface area contributed by atoms with Gasteiger partial charge in [0.25, 0.3) is 0 Å². The lowest BCUT2D eigenvalue weighted by Crippen LogP contribution is -1.90. The SMILES string of the molecule is CCc1cccc(-c2ccc(C)c(C)n2)c1. The van der Waals surface area contributed by atoms with Crippen LogP contribution in [-0.4, -0.2) is 4.98 Å². The van der Waals surface area contributed by atoms with Gasteiger partial charge in [-0.15, -0.1) is 0 Å².